The molecule has 0 aliphatic carbocycles. The van der Waals surface area contributed by atoms with Crippen LogP contribution in [0.25, 0.3) is 0 Å². The van der Waals surface area contributed by atoms with Gasteiger partial charge in [-0.3, -0.25) is 4.79 Å². The first-order valence-corrected chi connectivity index (χ1v) is 8.96. The fourth-order valence-corrected chi connectivity index (χ4v) is 3.15. The van der Waals surface area contributed by atoms with Crippen LogP contribution < -0.4 is 18.9 Å². The van der Waals surface area contributed by atoms with Gasteiger partial charge in [0.05, 0.1) is 19.2 Å². The molecular weight excluding hydrogens is 370 g/mol. The Kier molecular flexibility index (Phi) is 5.96. The average Bonchev–Trinajstić information content (AvgIpc) is 2.71. The zero-order chi connectivity index (χ0) is 19.4. The summed E-state index contributed by atoms with van der Waals surface area (Å²) in [5, 5.41) is 0.379. The van der Waals surface area contributed by atoms with Gasteiger partial charge in [0, 0.05) is 19.2 Å². The van der Waals surface area contributed by atoms with Crippen LogP contribution in [0.15, 0.2) is 30.3 Å². The number of methoxy groups -OCH3 is 2. The summed E-state index contributed by atoms with van der Waals surface area (Å²) in [6.07, 6.45) is 0.681. The molecule has 0 atom stereocenters. The SMILES string of the molecule is COc1ccc(CCN(C)C(=O)c2cc(Cl)c3c(c2)OCCO3)cc1OC. The average molecular weight is 392 g/mol. The summed E-state index contributed by atoms with van der Waals surface area (Å²) in [4.78, 5) is 14.4. The highest BCUT2D eigenvalue weighted by atomic mass is 35.5. The van der Waals surface area contributed by atoms with Crippen molar-refractivity contribution in [1.82, 2.24) is 4.90 Å². The second-order valence-electron chi connectivity index (χ2n) is 6.15. The van der Waals surface area contributed by atoms with Gasteiger partial charge in [-0.05, 0) is 36.2 Å². The van der Waals surface area contributed by atoms with Crippen LogP contribution in [0.4, 0.5) is 0 Å². The van der Waals surface area contributed by atoms with Crippen LogP contribution in [-0.2, 0) is 6.42 Å². The Balaban J connectivity index is 1.68. The van der Waals surface area contributed by atoms with Crippen molar-refractivity contribution in [2.24, 2.45) is 0 Å². The maximum atomic E-state index is 12.8. The van der Waals surface area contributed by atoms with Gasteiger partial charge in [0.15, 0.2) is 23.0 Å². The van der Waals surface area contributed by atoms with E-state index in [2.05, 4.69) is 0 Å². The molecule has 1 heterocycles. The van der Waals surface area contributed by atoms with Gasteiger partial charge < -0.3 is 23.8 Å². The topological polar surface area (TPSA) is 57.2 Å². The Hall–Kier alpha value is -2.60. The minimum absolute atomic E-state index is 0.130. The molecule has 3 rings (SSSR count). The van der Waals surface area contributed by atoms with Crippen molar-refractivity contribution < 1.29 is 23.7 Å². The van der Waals surface area contributed by atoms with E-state index in [0.717, 1.165) is 5.56 Å². The summed E-state index contributed by atoms with van der Waals surface area (Å²) in [6, 6.07) is 9.02. The molecule has 0 spiro atoms. The molecule has 6 nitrogen and oxygen atoms in total. The lowest BCUT2D eigenvalue weighted by Crippen LogP contribution is -2.29. The number of hydrogen-bond acceptors (Lipinski definition) is 5. The van der Waals surface area contributed by atoms with Crippen LogP contribution in [-0.4, -0.2) is 51.8 Å². The molecule has 1 aliphatic rings. The zero-order valence-electron chi connectivity index (χ0n) is 15.6. The van der Waals surface area contributed by atoms with Gasteiger partial charge in [0.1, 0.15) is 13.2 Å². The Morgan fingerprint density at radius 2 is 1.85 bits per heavy atom. The van der Waals surface area contributed by atoms with E-state index < -0.39 is 0 Å². The summed E-state index contributed by atoms with van der Waals surface area (Å²) >= 11 is 6.23. The third-order valence-electron chi connectivity index (χ3n) is 4.37. The number of carbonyl (C=O) groups is 1. The maximum absolute atomic E-state index is 12.8. The molecule has 0 N–H and O–H groups in total. The normalized spacial score (nSPS) is 12.4. The van der Waals surface area contributed by atoms with E-state index in [1.54, 1.807) is 38.3 Å². The Labute approximate surface area is 163 Å². The largest absolute Gasteiger partial charge is 0.493 e. The number of likely N-dealkylation sites (N-methyl/N-ethyl adjacent to an activating group) is 1. The van der Waals surface area contributed by atoms with E-state index in [1.165, 1.54) is 0 Å². The van der Waals surface area contributed by atoms with Crippen LogP contribution in [0.1, 0.15) is 15.9 Å². The van der Waals surface area contributed by atoms with Crippen molar-refractivity contribution in [2.75, 3.05) is 41.0 Å². The van der Waals surface area contributed by atoms with Crippen molar-refractivity contribution in [3.8, 4) is 23.0 Å². The smallest absolute Gasteiger partial charge is 0.253 e. The van der Waals surface area contributed by atoms with Crippen LogP contribution in [0, 0.1) is 0 Å². The summed E-state index contributed by atoms with van der Waals surface area (Å²) in [5.74, 6) is 2.21. The third-order valence-corrected chi connectivity index (χ3v) is 4.66. The number of nitrogens with zero attached hydrogens (tertiary/aromatic N) is 1. The molecular formula is C20H22ClNO5. The summed E-state index contributed by atoms with van der Waals surface area (Å²) < 4.78 is 21.6. The number of benzene rings is 2. The van der Waals surface area contributed by atoms with Crippen LogP contribution >= 0.6 is 11.6 Å². The maximum Gasteiger partial charge on any atom is 0.253 e. The second-order valence-corrected chi connectivity index (χ2v) is 6.56. The number of ether oxygens (including phenoxy) is 4. The van der Waals surface area contributed by atoms with Crippen molar-refractivity contribution in [1.29, 1.82) is 0 Å². The molecule has 1 amide bonds. The Bertz CT molecular complexity index is 839. The van der Waals surface area contributed by atoms with Gasteiger partial charge >= 0.3 is 0 Å². The molecule has 0 unspecified atom stereocenters. The number of hydrogen-bond donors (Lipinski definition) is 0. The fraction of sp³-hybridized carbons (Fsp3) is 0.350. The summed E-state index contributed by atoms with van der Waals surface area (Å²) in [6.45, 7) is 1.43. The minimum atomic E-state index is -0.130. The van der Waals surface area contributed by atoms with Gasteiger partial charge in [-0.1, -0.05) is 17.7 Å². The first kappa shape index (κ1) is 19.2. The van der Waals surface area contributed by atoms with Crippen LogP contribution in [0.2, 0.25) is 5.02 Å². The number of rotatable bonds is 6. The van der Waals surface area contributed by atoms with Gasteiger partial charge in [-0.2, -0.15) is 0 Å². The van der Waals surface area contributed by atoms with Gasteiger partial charge in [0.2, 0.25) is 0 Å². The number of carbonyl (C=O) groups excluding carboxylic acids is 1. The standard InChI is InChI=1S/C20H22ClNO5/c1-22(7-6-13-4-5-16(24-2)17(10-13)25-3)20(23)14-11-15(21)19-18(12-14)26-8-9-27-19/h4-5,10-12H,6-9H2,1-3H3. The first-order chi connectivity index (χ1) is 13.0. The van der Waals surface area contributed by atoms with E-state index in [0.29, 0.717) is 59.8 Å². The van der Waals surface area contributed by atoms with E-state index in [4.69, 9.17) is 30.5 Å². The molecule has 7 heteroatoms. The van der Waals surface area contributed by atoms with E-state index >= 15 is 0 Å². The predicted octanol–water partition coefficient (Wildman–Crippen LogP) is 3.44. The Morgan fingerprint density at radius 1 is 1.11 bits per heavy atom. The minimum Gasteiger partial charge on any atom is -0.493 e. The molecule has 1 aliphatic heterocycles. The monoisotopic (exact) mass is 391 g/mol. The van der Waals surface area contributed by atoms with Crippen molar-refractivity contribution >= 4 is 17.5 Å². The molecule has 0 saturated carbocycles. The lowest BCUT2D eigenvalue weighted by Gasteiger charge is -2.22. The molecule has 27 heavy (non-hydrogen) atoms. The zero-order valence-corrected chi connectivity index (χ0v) is 16.3. The molecule has 0 radical (unpaired) electrons. The molecule has 144 valence electrons. The highest BCUT2D eigenvalue weighted by molar-refractivity contribution is 6.32. The molecule has 0 aromatic heterocycles. The van der Waals surface area contributed by atoms with Crippen molar-refractivity contribution in [2.45, 2.75) is 6.42 Å². The van der Waals surface area contributed by atoms with Crippen molar-refractivity contribution in [3.63, 3.8) is 0 Å². The van der Waals surface area contributed by atoms with Crippen molar-refractivity contribution in [3.05, 3.63) is 46.5 Å². The van der Waals surface area contributed by atoms with Gasteiger partial charge in [0.25, 0.3) is 5.91 Å². The lowest BCUT2D eigenvalue weighted by molar-refractivity contribution is 0.0795. The highest BCUT2D eigenvalue weighted by Gasteiger charge is 2.21. The summed E-state index contributed by atoms with van der Waals surface area (Å²) in [7, 11) is 4.96. The molecule has 0 saturated heterocycles. The third kappa shape index (κ3) is 4.22. The van der Waals surface area contributed by atoms with E-state index in [9.17, 15) is 4.79 Å². The second kappa shape index (κ2) is 8.39. The predicted molar refractivity (Wildman–Crippen MR) is 103 cm³/mol. The van der Waals surface area contributed by atoms with Crippen LogP contribution in [0.5, 0.6) is 23.0 Å². The molecule has 2 aromatic rings. The number of halogens is 1. The molecule has 0 fully saturated rings. The van der Waals surface area contributed by atoms with E-state index in [1.807, 2.05) is 18.2 Å². The molecule has 0 bridgehead atoms. The summed E-state index contributed by atoms with van der Waals surface area (Å²) in [5.41, 5.74) is 1.52. The lowest BCUT2D eigenvalue weighted by atomic mass is 10.1. The fourth-order valence-electron chi connectivity index (χ4n) is 2.89. The van der Waals surface area contributed by atoms with Crippen LogP contribution in [0.3, 0.4) is 0 Å². The quantitative estimate of drug-likeness (QED) is 0.755. The number of amides is 1. The number of fused-ring (bicyclic) bond motifs is 1. The van der Waals surface area contributed by atoms with Gasteiger partial charge in [-0.25, -0.2) is 0 Å². The first-order valence-electron chi connectivity index (χ1n) is 8.59. The molecule has 2 aromatic carbocycles. The highest BCUT2D eigenvalue weighted by Crippen LogP contribution is 2.38. The van der Waals surface area contributed by atoms with E-state index in [-0.39, 0.29) is 5.91 Å². The van der Waals surface area contributed by atoms with Gasteiger partial charge in [-0.15, -0.1) is 0 Å². The Morgan fingerprint density at radius 3 is 2.59 bits per heavy atom.